The monoisotopic (exact) mass is 667 g/mol. The Morgan fingerprint density at radius 3 is 2.02 bits per heavy atom. The van der Waals surface area contributed by atoms with Gasteiger partial charge in [-0.2, -0.15) is 0 Å². The Kier molecular flexibility index (Phi) is 6.50. The summed E-state index contributed by atoms with van der Waals surface area (Å²) in [6.07, 6.45) is 7.14. The van der Waals surface area contributed by atoms with Gasteiger partial charge in [0.05, 0.1) is 0 Å². The number of hydrogen-bond donors (Lipinski definition) is 0. The topological polar surface area (TPSA) is 25.6 Å². The van der Waals surface area contributed by atoms with Gasteiger partial charge in [-0.1, -0.05) is 83.5 Å². The molecular formula is C47H46BNO2. The van der Waals surface area contributed by atoms with Crippen molar-refractivity contribution in [3.63, 3.8) is 0 Å². The summed E-state index contributed by atoms with van der Waals surface area (Å²) in [5.41, 5.74) is 19.8. The van der Waals surface area contributed by atoms with Gasteiger partial charge >= 0.3 is 0 Å². The van der Waals surface area contributed by atoms with Crippen molar-refractivity contribution >= 4 is 51.3 Å². The molecule has 0 saturated carbocycles. The van der Waals surface area contributed by atoms with Gasteiger partial charge in [0, 0.05) is 22.2 Å². The predicted octanol–water partition coefficient (Wildman–Crippen LogP) is 10.4. The molecule has 4 aliphatic rings. The number of anilines is 3. The van der Waals surface area contributed by atoms with E-state index in [4.69, 9.17) is 9.15 Å². The highest BCUT2D eigenvalue weighted by molar-refractivity contribution is 7.00. The molecule has 3 nitrogen and oxygen atoms in total. The minimum Gasteiger partial charge on any atom is -0.458 e. The van der Waals surface area contributed by atoms with Gasteiger partial charge in [0.25, 0.3) is 6.71 Å². The van der Waals surface area contributed by atoms with Crippen LogP contribution in [0, 0.1) is 6.92 Å². The van der Waals surface area contributed by atoms with E-state index in [0.29, 0.717) is 0 Å². The number of benzene rings is 5. The summed E-state index contributed by atoms with van der Waals surface area (Å²) in [7, 11) is 0. The Labute approximate surface area is 302 Å². The largest absolute Gasteiger partial charge is 0.458 e. The van der Waals surface area contributed by atoms with Crippen LogP contribution < -0.4 is 26.0 Å². The zero-order chi connectivity index (χ0) is 35.0. The molecule has 5 aromatic carbocycles. The third-order valence-electron chi connectivity index (χ3n) is 12.2. The zero-order valence-electron chi connectivity index (χ0n) is 31.1. The molecule has 0 bridgehead atoms. The van der Waals surface area contributed by atoms with Crippen LogP contribution >= 0.6 is 0 Å². The highest BCUT2D eigenvalue weighted by Crippen LogP contribution is 2.48. The predicted molar refractivity (Wildman–Crippen MR) is 214 cm³/mol. The van der Waals surface area contributed by atoms with Gasteiger partial charge in [-0.15, -0.1) is 0 Å². The molecule has 2 aliphatic carbocycles. The quantitative estimate of drug-likeness (QED) is 0.172. The summed E-state index contributed by atoms with van der Waals surface area (Å²) in [6, 6.07) is 30.1. The summed E-state index contributed by atoms with van der Waals surface area (Å²) in [4.78, 5) is 2.41. The van der Waals surface area contributed by atoms with E-state index >= 15 is 0 Å². The molecule has 254 valence electrons. The van der Waals surface area contributed by atoms with E-state index in [2.05, 4.69) is 132 Å². The molecule has 0 radical (unpaired) electrons. The molecule has 0 spiro atoms. The van der Waals surface area contributed by atoms with E-state index in [1.807, 2.05) is 0 Å². The second kappa shape index (κ2) is 10.7. The van der Waals surface area contributed by atoms with Crippen molar-refractivity contribution in [1.29, 1.82) is 0 Å². The van der Waals surface area contributed by atoms with Gasteiger partial charge in [-0.05, 0) is 154 Å². The lowest BCUT2D eigenvalue weighted by molar-refractivity contribution is 0.487. The van der Waals surface area contributed by atoms with Crippen LogP contribution in [-0.4, -0.2) is 6.71 Å². The summed E-state index contributed by atoms with van der Waals surface area (Å²) in [6.45, 7) is 15.9. The van der Waals surface area contributed by atoms with Crippen LogP contribution in [-0.2, 0) is 36.5 Å². The Morgan fingerprint density at radius 2 is 1.33 bits per heavy atom. The van der Waals surface area contributed by atoms with E-state index < -0.39 is 0 Å². The molecule has 3 heterocycles. The minimum atomic E-state index is -0.0172. The third kappa shape index (κ3) is 4.64. The third-order valence-corrected chi connectivity index (χ3v) is 12.2. The normalized spacial score (nSPS) is 15.7. The second-order valence-corrected chi connectivity index (χ2v) is 17.6. The Morgan fingerprint density at radius 1 is 0.647 bits per heavy atom. The van der Waals surface area contributed by atoms with Crippen molar-refractivity contribution in [3.8, 4) is 22.6 Å². The summed E-state index contributed by atoms with van der Waals surface area (Å²) >= 11 is 0. The fourth-order valence-corrected chi connectivity index (χ4v) is 9.53. The summed E-state index contributed by atoms with van der Waals surface area (Å²) < 4.78 is 14.2. The maximum absolute atomic E-state index is 7.10. The zero-order valence-corrected chi connectivity index (χ0v) is 31.1. The van der Waals surface area contributed by atoms with Crippen LogP contribution in [0.1, 0.15) is 93.3 Å². The smallest absolute Gasteiger partial charge is 0.261 e. The van der Waals surface area contributed by atoms with Crippen molar-refractivity contribution < 1.29 is 9.15 Å². The average Bonchev–Trinajstić information content (AvgIpc) is 3.84. The molecule has 0 unspecified atom stereocenters. The van der Waals surface area contributed by atoms with E-state index in [-0.39, 0.29) is 17.5 Å². The van der Waals surface area contributed by atoms with Gasteiger partial charge in [0.15, 0.2) is 0 Å². The van der Waals surface area contributed by atoms with Gasteiger partial charge < -0.3 is 9.15 Å². The highest BCUT2D eigenvalue weighted by Gasteiger charge is 2.46. The Hall–Kier alpha value is -4.70. The van der Waals surface area contributed by atoms with E-state index in [1.165, 1.54) is 75.3 Å². The number of fused-ring (bicyclic) bond motifs is 8. The van der Waals surface area contributed by atoms with Gasteiger partial charge in [-0.3, -0.25) is 4.90 Å². The van der Waals surface area contributed by atoms with Gasteiger partial charge in [-0.25, -0.2) is 0 Å². The number of furan rings is 1. The molecule has 2 aliphatic heterocycles. The number of ether oxygens (including phenoxy) is 1. The van der Waals surface area contributed by atoms with Crippen LogP contribution in [0.4, 0.5) is 17.3 Å². The Bertz CT molecular complexity index is 2400. The van der Waals surface area contributed by atoms with Crippen LogP contribution in [0.2, 0.25) is 0 Å². The van der Waals surface area contributed by atoms with Crippen molar-refractivity contribution in [1.82, 2.24) is 0 Å². The highest BCUT2D eigenvalue weighted by atomic mass is 16.5. The molecule has 6 aromatic rings. The number of hydrogen-bond acceptors (Lipinski definition) is 3. The fourth-order valence-electron chi connectivity index (χ4n) is 9.53. The molecule has 10 rings (SSSR count). The number of nitrogens with zero attached hydrogens (tertiary/aromatic N) is 1. The fraction of sp³-hybridized carbons (Fsp3) is 0.319. The minimum absolute atomic E-state index is 0.00776. The van der Waals surface area contributed by atoms with Gasteiger partial charge in [0.2, 0.25) is 5.88 Å². The molecule has 4 heteroatoms. The van der Waals surface area contributed by atoms with E-state index in [9.17, 15) is 0 Å². The van der Waals surface area contributed by atoms with Crippen molar-refractivity contribution in [2.75, 3.05) is 4.90 Å². The second-order valence-electron chi connectivity index (χ2n) is 17.6. The molecule has 1 aromatic heterocycles. The lowest BCUT2D eigenvalue weighted by Gasteiger charge is -2.38. The molecule has 0 fully saturated rings. The van der Waals surface area contributed by atoms with Crippen molar-refractivity contribution in [3.05, 3.63) is 118 Å². The van der Waals surface area contributed by atoms with E-state index in [0.717, 1.165) is 47.2 Å². The van der Waals surface area contributed by atoms with Crippen LogP contribution in [0.5, 0.6) is 11.5 Å². The van der Waals surface area contributed by atoms with Crippen LogP contribution in [0.15, 0.2) is 83.3 Å². The maximum atomic E-state index is 7.10. The lowest BCUT2D eigenvalue weighted by Crippen LogP contribution is -2.59. The first-order valence-electron chi connectivity index (χ1n) is 19.0. The molecule has 0 atom stereocenters. The average molecular weight is 668 g/mol. The summed E-state index contributed by atoms with van der Waals surface area (Å²) in [5, 5.41) is 1.19. The van der Waals surface area contributed by atoms with Crippen LogP contribution in [0.3, 0.4) is 0 Å². The molecule has 0 amide bonds. The van der Waals surface area contributed by atoms with Crippen molar-refractivity contribution in [2.24, 2.45) is 0 Å². The first-order valence-corrected chi connectivity index (χ1v) is 19.0. The standard InChI is InChI=1S/C47H46BNO2/c1-27-14-20-40-37(22-27)48-43-36-26-32(47(5,6)7)17-21-39(36)51-45(43)49(33-18-15-31(16-19-33)46(2,3)4)38-24-30(25-41(50-40)44(38)48)42-34-12-8-10-28(34)23-29-11-9-13-35(29)42/h14-26H,8-13H2,1-7H3. The van der Waals surface area contributed by atoms with E-state index in [1.54, 1.807) is 22.3 Å². The first-order chi connectivity index (χ1) is 24.4. The molecule has 51 heavy (non-hydrogen) atoms. The van der Waals surface area contributed by atoms with Gasteiger partial charge in [0.1, 0.15) is 17.1 Å². The number of aryl methyl sites for hydroxylation is 3. The van der Waals surface area contributed by atoms with Crippen LogP contribution in [0.25, 0.3) is 22.1 Å². The summed E-state index contributed by atoms with van der Waals surface area (Å²) in [5.74, 6) is 2.83. The SMILES string of the molecule is Cc1ccc2c(c1)B1c3c(cc(-c4c5c(cc6c4CCC6)CCC5)cc3N(c3ccc(C(C)(C)C)cc3)c3oc4ccc(C(C)(C)C)cc4c31)O2. The number of rotatable bonds is 2. The first kappa shape index (κ1) is 31.1. The molecule has 0 saturated heterocycles. The lowest BCUT2D eigenvalue weighted by atomic mass is 9.34. The molecule has 0 N–H and O–H groups in total. The maximum Gasteiger partial charge on any atom is 0.261 e. The molecular weight excluding hydrogens is 621 g/mol. The Balaban J connectivity index is 1.30. The van der Waals surface area contributed by atoms with Crippen molar-refractivity contribution in [2.45, 2.75) is 97.8 Å².